The number of aryl methyl sites for hydroxylation is 1. The number of piperidine rings is 1. The highest BCUT2D eigenvalue weighted by Gasteiger charge is 2.48. The molecular weight excluding hydrogens is 699 g/mol. The smallest absolute Gasteiger partial charge is 0.406 e. The fourth-order valence-corrected chi connectivity index (χ4v) is 7.53. The maximum Gasteiger partial charge on any atom is 0.573 e. The third-order valence-electron chi connectivity index (χ3n) is 9.94. The molecule has 1 aromatic heterocycles. The summed E-state index contributed by atoms with van der Waals surface area (Å²) in [5.41, 5.74) is 2.85. The number of rotatable bonds is 11. The average molecular weight is 738 g/mol. The van der Waals surface area contributed by atoms with Crippen LogP contribution in [0.3, 0.4) is 0 Å². The number of aromatic nitrogens is 1. The van der Waals surface area contributed by atoms with Crippen molar-refractivity contribution in [1.82, 2.24) is 25.4 Å². The molecule has 3 N–H and O–H groups in total. The minimum atomic E-state index is -4.87. The van der Waals surface area contributed by atoms with Gasteiger partial charge < -0.3 is 30.2 Å². The largest absolute Gasteiger partial charge is 0.573 e. The molecule has 14 heteroatoms. The lowest BCUT2D eigenvalue weighted by molar-refractivity contribution is -0.274. The Morgan fingerprint density at radius 1 is 0.962 bits per heavy atom. The third kappa shape index (κ3) is 8.70. The van der Waals surface area contributed by atoms with E-state index in [0.717, 1.165) is 40.6 Å². The maximum absolute atomic E-state index is 14.1. The first-order valence-electron chi connectivity index (χ1n) is 17.1. The molecule has 6 rings (SSSR count). The van der Waals surface area contributed by atoms with E-state index in [1.54, 1.807) is 28.1 Å². The van der Waals surface area contributed by atoms with Crippen LogP contribution in [0.2, 0.25) is 5.02 Å². The number of carbonyl (C=O) groups is 4. The van der Waals surface area contributed by atoms with Crippen molar-refractivity contribution in [2.45, 2.75) is 38.1 Å². The van der Waals surface area contributed by atoms with E-state index in [2.05, 4.69) is 20.4 Å². The maximum atomic E-state index is 14.1. The van der Waals surface area contributed by atoms with E-state index in [1.165, 1.54) is 19.2 Å². The van der Waals surface area contributed by atoms with Crippen LogP contribution in [0.4, 0.5) is 13.2 Å². The Bertz CT molecular complexity index is 1920. The van der Waals surface area contributed by atoms with Crippen molar-refractivity contribution in [1.29, 1.82) is 0 Å². The molecule has 2 aliphatic rings. The van der Waals surface area contributed by atoms with Crippen LogP contribution >= 0.6 is 11.6 Å². The molecule has 4 atom stereocenters. The second-order valence-corrected chi connectivity index (χ2v) is 13.8. The molecule has 4 aromatic rings. The molecule has 0 aliphatic carbocycles. The molecule has 2 saturated heterocycles. The molecule has 0 saturated carbocycles. The summed E-state index contributed by atoms with van der Waals surface area (Å²) in [5.74, 6) is -3.08. The van der Waals surface area contributed by atoms with E-state index in [4.69, 9.17) is 11.6 Å². The molecule has 3 heterocycles. The zero-order valence-corrected chi connectivity index (χ0v) is 29.2. The van der Waals surface area contributed by atoms with Gasteiger partial charge in [0.15, 0.2) is 0 Å². The zero-order chi connectivity index (χ0) is 37.0. The van der Waals surface area contributed by atoms with Gasteiger partial charge >= 0.3 is 6.36 Å². The van der Waals surface area contributed by atoms with E-state index in [0.29, 0.717) is 24.4 Å². The molecule has 2 fully saturated rings. The Balaban J connectivity index is 1.20. The second kappa shape index (κ2) is 15.7. The Morgan fingerprint density at radius 3 is 2.40 bits per heavy atom. The molecule has 52 heavy (non-hydrogen) atoms. The number of hydrogen-bond acceptors (Lipinski definition) is 5. The van der Waals surface area contributed by atoms with Crippen LogP contribution in [0.25, 0.3) is 10.9 Å². The summed E-state index contributed by atoms with van der Waals surface area (Å²) in [4.78, 5) is 60.9. The van der Waals surface area contributed by atoms with Gasteiger partial charge in [-0.05, 0) is 78.6 Å². The van der Waals surface area contributed by atoms with E-state index in [-0.39, 0.29) is 61.2 Å². The molecule has 2 aliphatic heterocycles. The minimum absolute atomic E-state index is 0.0721. The van der Waals surface area contributed by atoms with Crippen LogP contribution in [0.15, 0.2) is 79.0 Å². The fraction of sp³-hybridized carbons (Fsp3) is 0.368. The van der Waals surface area contributed by atoms with Gasteiger partial charge in [0.2, 0.25) is 17.7 Å². The summed E-state index contributed by atoms with van der Waals surface area (Å²) in [5, 5.41) is 7.01. The molecule has 274 valence electrons. The monoisotopic (exact) mass is 737 g/mol. The van der Waals surface area contributed by atoms with E-state index >= 15 is 0 Å². The van der Waals surface area contributed by atoms with Crippen LogP contribution < -0.4 is 15.4 Å². The van der Waals surface area contributed by atoms with Crippen LogP contribution in [0, 0.1) is 17.8 Å². The molecule has 10 nitrogen and oxygen atoms in total. The third-order valence-corrected chi connectivity index (χ3v) is 10.2. The molecule has 0 bridgehead atoms. The number of benzene rings is 3. The van der Waals surface area contributed by atoms with Crippen molar-refractivity contribution >= 4 is 46.1 Å². The highest BCUT2D eigenvalue weighted by molar-refractivity contribution is 6.31. The average Bonchev–Trinajstić information content (AvgIpc) is 3.74. The normalized spacial score (nSPS) is 19.2. The van der Waals surface area contributed by atoms with Gasteiger partial charge in [-0.2, -0.15) is 0 Å². The fourth-order valence-electron chi connectivity index (χ4n) is 7.36. The van der Waals surface area contributed by atoms with Crippen molar-refractivity contribution in [3.8, 4) is 5.75 Å². The number of fused-ring (bicyclic) bond motifs is 2. The number of likely N-dealkylation sites (N-methyl/N-ethyl adjacent to an activating group) is 1. The number of carbonyl (C=O) groups excluding carboxylic acids is 4. The van der Waals surface area contributed by atoms with Crippen LogP contribution in [-0.4, -0.2) is 84.0 Å². The number of aromatic amines is 1. The summed E-state index contributed by atoms with van der Waals surface area (Å²) in [6.07, 6.45) is -1.26. The lowest BCUT2D eigenvalue weighted by Gasteiger charge is -2.40. The number of nitrogens with zero attached hydrogens (tertiary/aromatic N) is 2. The lowest BCUT2D eigenvalue weighted by Crippen LogP contribution is -2.56. The highest BCUT2D eigenvalue weighted by Crippen LogP contribution is 2.37. The predicted octanol–water partition coefficient (Wildman–Crippen LogP) is 5.36. The number of ether oxygens (including phenoxy) is 1. The number of alkyl halides is 3. The second-order valence-electron chi connectivity index (χ2n) is 13.3. The zero-order valence-electron chi connectivity index (χ0n) is 28.4. The Labute approximate surface area is 303 Å². The number of H-pyrrole nitrogens is 1. The van der Waals surface area contributed by atoms with Crippen molar-refractivity contribution in [2.75, 3.05) is 33.2 Å². The number of halogens is 4. The summed E-state index contributed by atoms with van der Waals surface area (Å²) in [6, 6.07) is 19.1. The molecule has 4 amide bonds. The first-order chi connectivity index (χ1) is 24.9. The van der Waals surface area contributed by atoms with Crippen LogP contribution in [0.1, 0.15) is 34.3 Å². The summed E-state index contributed by atoms with van der Waals surface area (Å²) in [6.45, 7) is 0.835. The van der Waals surface area contributed by atoms with Crippen molar-refractivity contribution < 1.29 is 37.1 Å². The van der Waals surface area contributed by atoms with Crippen LogP contribution in [0.5, 0.6) is 5.75 Å². The molecule has 0 radical (unpaired) electrons. The van der Waals surface area contributed by atoms with Crippen molar-refractivity contribution in [3.63, 3.8) is 0 Å². The van der Waals surface area contributed by atoms with E-state index in [1.807, 2.05) is 36.4 Å². The van der Waals surface area contributed by atoms with Crippen LogP contribution in [-0.2, 0) is 27.2 Å². The Hall–Kier alpha value is -5.04. The van der Waals surface area contributed by atoms with E-state index < -0.39 is 30.0 Å². The van der Waals surface area contributed by atoms with Gasteiger partial charge in [-0.25, -0.2) is 0 Å². The number of nitrogens with one attached hydrogen (secondary N) is 3. The van der Waals surface area contributed by atoms with Gasteiger partial charge in [0, 0.05) is 60.9 Å². The summed E-state index contributed by atoms with van der Waals surface area (Å²) < 4.78 is 42.0. The van der Waals surface area contributed by atoms with Gasteiger partial charge in [0.05, 0.1) is 12.3 Å². The molecule has 3 unspecified atom stereocenters. The van der Waals surface area contributed by atoms with E-state index in [9.17, 15) is 32.3 Å². The summed E-state index contributed by atoms with van der Waals surface area (Å²) in [7, 11) is 1.51. The first kappa shape index (κ1) is 36.7. The Kier molecular flexibility index (Phi) is 11.1. The van der Waals surface area contributed by atoms with Gasteiger partial charge in [-0.3, -0.25) is 19.2 Å². The molecule has 0 spiro atoms. The number of amides is 4. The number of likely N-dealkylation sites (tertiary alicyclic amines) is 2. The highest BCUT2D eigenvalue weighted by atomic mass is 35.5. The van der Waals surface area contributed by atoms with Crippen molar-refractivity contribution in [2.24, 2.45) is 17.8 Å². The van der Waals surface area contributed by atoms with Gasteiger partial charge in [-0.15, -0.1) is 13.2 Å². The lowest BCUT2D eigenvalue weighted by atomic mass is 9.79. The molecule has 3 aromatic carbocycles. The van der Waals surface area contributed by atoms with Crippen molar-refractivity contribution in [3.05, 3.63) is 101 Å². The number of hydrogen-bond donors (Lipinski definition) is 3. The SMILES string of the molecule is CNC(=O)[C@H](CCCc1ccccc1)NC(=O)C1CN(C(=O)Cc2c[nH]c3cc(Cl)ccc23)CC2CN(C(=O)c3ccc(OC(F)(F)F)cc3)CC21. The predicted molar refractivity (Wildman–Crippen MR) is 188 cm³/mol. The topological polar surface area (TPSA) is 124 Å². The van der Waals surface area contributed by atoms with Gasteiger partial charge in [0.25, 0.3) is 5.91 Å². The first-order valence-corrected chi connectivity index (χ1v) is 17.5. The Morgan fingerprint density at radius 2 is 1.69 bits per heavy atom. The van der Waals surface area contributed by atoms with Gasteiger partial charge in [-0.1, -0.05) is 48.0 Å². The quantitative estimate of drug-likeness (QED) is 0.191. The molecular formula is C38H39ClF3N5O5. The standard InChI is InChI=1S/C38H39ClF3N5O5/c1-43-36(50)32(9-5-8-23-6-3-2-4-7-23)45-35(49)31-22-46(34(48)16-25-18-44-33-17-27(39)12-15-29(25)33)19-26-20-47(21-30(26)31)37(51)24-10-13-28(14-11-24)52-38(40,41)42/h2-4,6-7,10-15,17-18,26,30-32,44H,5,8-9,16,19-22H2,1H3,(H,43,50)(H,45,49)/t26?,30?,31?,32-/m0/s1. The summed E-state index contributed by atoms with van der Waals surface area (Å²) >= 11 is 6.14. The minimum Gasteiger partial charge on any atom is -0.406 e. The van der Waals surface area contributed by atoms with Gasteiger partial charge in [0.1, 0.15) is 11.8 Å².